The minimum Gasteiger partial charge on any atom is -0.472 e. The molecule has 0 aliphatic heterocycles. The van der Waals surface area contributed by atoms with E-state index in [0.717, 1.165) is 31.2 Å². The molecular weight excluding hydrogens is 288 g/mol. The molecular formula is C20H30O3. The van der Waals surface area contributed by atoms with Gasteiger partial charge in [0.1, 0.15) is 5.78 Å². The van der Waals surface area contributed by atoms with Gasteiger partial charge < -0.3 is 9.52 Å². The Hall–Kier alpha value is -1.09. The highest BCUT2D eigenvalue weighted by molar-refractivity contribution is 5.83. The fraction of sp³-hybridized carbons (Fsp3) is 0.750. The van der Waals surface area contributed by atoms with Crippen molar-refractivity contribution >= 4 is 5.78 Å². The van der Waals surface area contributed by atoms with Gasteiger partial charge in [0.2, 0.25) is 0 Å². The van der Waals surface area contributed by atoms with Gasteiger partial charge in [0.05, 0.1) is 18.1 Å². The Labute approximate surface area is 139 Å². The molecule has 0 bridgehead atoms. The van der Waals surface area contributed by atoms with Gasteiger partial charge >= 0.3 is 0 Å². The van der Waals surface area contributed by atoms with E-state index in [1.54, 1.807) is 12.5 Å². The lowest BCUT2D eigenvalue weighted by Gasteiger charge is -2.62. The first-order valence-corrected chi connectivity index (χ1v) is 8.97. The van der Waals surface area contributed by atoms with Crippen LogP contribution in [0, 0.1) is 22.7 Å². The second kappa shape index (κ2) is 5.47. The zero-order valence-electron chi connectivity index (χ0n) is 14.9. The summed E-state index contributed by atoms with van der Waals surface area (Å²) in [5, 5.41) is 11.7. The number of hydrogen-bond acceptors (Lipinski definition) is 3. The Morgan fingerprint density at radius 1 is 1.30 bits per heavy atom. The second-order valence-corrected chi connectivity index (χ2v) is 8.76. The summed E-state index contributed by atoms with van der Waals surface area (Å²) in [5.74, 6) is 0.212. The van der Waals surface area contributed by atoms with Crippen molar-refractivity contribution in [3.8, 4) is 0 Å². The van der Waals surface area contributed by atoms with Crippen LogP contribution in [-0.4, -0.2) is 16.5 Å². The average Bonchev–Trinajstić information content (AvgIpc) is 2.99. The number of furan rings is 1. The number of carbonyl (C=O) groups is 1. The van der Waals surface area contributed by atoms with Crippen molar-refractivity contribution in [2.45, 2.75) is 71.8 Å². The molecule has 4 atom stereocenters. The van der Waals surface area contributed by atoms with Gasteiger partial charge in [-0.05, 0) is 48.6 Å². The fourth-order valence-corrected chi connectivity index (χ4v) is 5.55. The molecule has 3 rings (SSSR count). The number of ketones is 1. The predicted molar refractivity (Wildman–Crippen MR) is 90.0 cm³/mol. The maximum atomic E-state index is 12.7. The van der Waals surface area contributed by atoms with Crippen molar-refractivity contribution < 1.29 is 14.3 Å². The van der Waals surface area contributed by atoms with Gasteiger partial charge in [0.25, 0.3) is 0 Å². The number of Topliss-reactive ketones (excluding diaryl/α,β-unsaturated/α-hetero) is 1. The van der Waals surface area contributed by atoms with E-state index < -0.39 is 5.60 Å². The molecule has 1 N–H and O–H groups in total. The topological polar surface area (TPSA) is 50.4 Å². The zero-order chi connectivity index (χ0) is 16.9. The van der Waals surface area contributed by atoms with Crippen molar-refractivity contribution in [2.24, 2.45) is 22.7 Å². The minimum atomic E-state index is -0.929. The lowest BCUT2D eigenvalue weighted by molar-refractivity contribution is -0.208. The van der Waals surface area contributed by atoms with Crippen molar-refractivity contribution in [2.75, 3.05) is 0 Å². The SMILES string of the molecule is C[C@@H]1C(=O)C[C@H]2C(C)(C)CCC[C@]2(C)[C@@]1(O)CCc1ccoc1. The van der Waals surface area contributed by atoms with Gasteiger partial charge in [-0.2, -0.15) is 0 Å². The van der Waals surface area contributed by atoms with Crippen LogP contribution in [0.15, 0.2) is 23.0 Å². The Kier molecular flexibility index (Phi) is 3.99. The smallest absolute Gasteiger partial charge is 0.138 e. The van der Waals surface area contributed by atoms with Crippen LogP contribution < -0.4 is 0 Å². The quantitative estimate of drug-likeness (QED) is 0.899. The largest absolute Gasteiger partial charge is 0.472 e. The molecule has 0 saturated heterocycles. The first-order chi connectivity index (χ1) is 10.7. The number of aryl methyl sites for hydroxylation is 1. The standard InChI is InChI=1S/C20H30O3/c1-14-16(21)12-17-18(2,3)8-5-9-19(17,4)20(14,22)10-6-15-7-11-23-13-15/h7,11,13-14,17,22H,5-6,8-10,12H2,1-4H3/t14-,17+,19+,20-/m1/s1. The monoisotopic (exact) mass is 318 g/mol. The van der Waals surface area contributed by atoms with Crippen LogP contribution in [0.25, 0.3) is 0 Å². The van der Waals surface area contributed by atoms with Crippen molar-refractivity contribution in [3.05, 3.63) is 24.2 Å². The normalized spacial score (nSPS) is 40.0. The lowest BCUT2D eigenvalue weighted by atomic mass is 9.44. The molecule has 23 heavy (non-hydrogen) atoms. The van der Waals surface area contributed by atoms with Crippen molar-refractivity contribution in [3.63, 3.8) is 0 Å². The van der Waals surface area contributed by atoms with E-state index in [1.807, 2.05) is 13.0 Å². The van der Waals surface area contributed by atoms with Crippen LogP contribution in [-0.2, 0) is 11.2 Å². The molecule has 0 spiro atoms. The summed E-state index contributed by atoms with van der Waals surface area (Å²) >= 11 is 0. The lowest BCUT2D eigenvalue weighted by Crippen LogP contribution is -2.64. The Morgan fingerprint density at radius 2 is 2.04 bits per heavy atom. The van der Waals surface area contributed by atoms with Crippen LogP contribution in [0.2, 0.25) is 0 Å². The predicted octanol–water partition coefficient (Wildman–Crippen LogP) is 4.38. The van der Waals surface area contributed by atoms with E-state index in [0.29, 0.717) is 12.8 Å². The summed E-state index contributed by atoms with van der Waals surface area (Å²) in [7, 11) is 0. The molecule has 0 unspecified atom stereocenters. The minimum absolute atomic E-state index is 0.117. The highest BCUT2D eigenvalue weighted by atomic mass is 16.3. The molecule has 1 heterocycles. The number of hydrogen-bond donors (Lipinski definition) is 1. The summed E-state index contributed by atoms with van der Waals surface area (Å²) in [6.07, 6.45) is 8.71. The number of aliphatic hydroxyl groups is 1. The van der Waals surface area contributed by atoms with Gasteiger partial charge in [0.15, 0.2) is 0 Å². The number of rotatable bonds is 3. The molecule has 1 aromatic heterocycles. The van der Waals surface area contributed by atoms with Crippen molar-refractivity contribution in [1.82, 2.24) is 0 Å². The highest BCUT2D eigenvalue weighted by Crippen LogP contribution is 2.62. The van der Waals surface area contributed by atoms with Crippen LogP contribution in [0.4, 0.5) is 0 Å². The summed E-state index contributed by atoms with van der Waals surface area (Å²) < 4.78 is 5.15. The van der Waals surface area contributed by atoms with E-state index in [4.69, 9.17) is 4.42 Å². The van der Waals surface area contributed by atoms with Crippen LogP contribution in [0.5, 0.6) is 0 Å². The summed E-state index contributed by atoms with van der Waals surface area (Å²) in [5.41, 5.74) is 0.0964. The van der Waals surface area contributed by atoms with E-state index in [9.17, 15) is 9.90 Å². The third-order valence-electron chi connectivity index (χ3n) is 7.20. The molecule has 2 aliphatic carbocycles. The molecule has 3 heteroatoms. The summed E-state index contributed by atoms with van der Waals surface area (Å²) in [4.78, 5) is 12.7. The third kappa shape index (κ3) is 2.48. The van der Waals surface area contributed by atoms with E-state index >= 15 is 0 Å². The first-order valence-electron chi connectivity index (χ1n) is 8.97. The molecule has 2 aliphatic rings. The summed E-state index contributed by atoms with van der Waals surface area (Å²) in [6, 6.07) is 1.95. The second-order valence-electron chi connectivity index (χ2n) is 8.76. The number of carbonyl (C=O) groups excluding carboxylic acids is 1. The van der Waals surface area contributed by atoms with Crippen LogP contribution >= 0.6 is 0 Å². The Balaban J connectivity index is 1.95. The van der Waals surface area contributed by atoms with E-state index in [-0.39, 0.29) is 28.4 Å². The molecule has 0 radical (unpaired) electrons. The number of fused-ring (bicyclic) bond motifs is 1. The van der Waals surface area contributed by atoms with Gasteiger partial charge in [0, 0.05) is 17.8 Å². The third-order valence-corrected chi connectivity index (χ3v) is 7.20. The first kappa shape index (κ1) is 16.8. The Bertz CT molecular complexity index is 574. The summed E-state index contributed by atoms with van der Waals surface area (Å²) in [6.45, 7) is 8.71. The van der Waals surface area contributed by atoms with Gasteiger partial charge in [-0.3, -0.25) is 4.79 Å². The molecule has 0 amide bonds. The fourth-order valence-electron chi connectivity index (χ4n) is 5.55. The van der Waals surface area contributed by atoms with Gasteiger partial charge in [-0.25, -0.2) is 0 Å². The highest BCUT2D eigenvalue weighted by Gasteiger charge is 2.63. The Morgan fingerprint density at radius 3 is 2.70 bits per heavy atom. The molecule has 2 saturated carbocycles. The zero-order valence-corrected chi connectivity index (χ0v) is 14.9. The molecule has 128 valence electrons. The molecule has 1 aromatic rings. The van der Waals surface area contributed by atoms with Gasteiger partial charge in [-0.15, -0.1) is 0 Å². The maximum absolute atomic E-state index is 12.7. The van der Waals surface area contributed by atoms with E-state index in [1.165, 1.54) is 0 Å². The average molecular weight is 318 g/mol. The molecule has 2 fully saturated rings. The van der Waals surface area contributed by atoms with Gasteiger partial charge in [-0.1, -0.05) is 34.1 Å². The molecule has 0 aromatic carbocycles. The molecule has 3 nitrogen and oxygen atoms in total. The van der Waals surface area contributed by atoms with Crippen LogP contribution in [0.3, 0.4) is 0 Å². The van der Waals surface area contributed by atoms with E-state index in [2.05, 4.69) is 20.8 Å². The van der Waals surface area contributed by atoms with Crippen molar-refractivity contribution in [1.29, 1.82) is 0 Å². The van der Waals surface area contributed by atoms with Crippen LogP contribution in [0.1, 0.15) is 65.4 Å². The maximum Gasteiger partial charge on any atom is 0.138 e.